The van der Waals surface area contributed by atoms with Crippen molar-refractivity contribution in [2.45, 2.75) is 31.9 Å². The summed E-state index contributed by atoms with van der Waals surface area (Å²) in [6.07, 6.45) is -3.32. The first-order chi connectivity index (χ1) is 15.2. The monoisotopic (exact) mass is 446 g/mol. The van der Waals surface area contributed by atoms with Crippen molar-refractivity contribution in [2.24, 2.45) is 0 Å². The second kappa shape index (κ2) is 8.25. The van der Waals surface area contributed by atoms with Crippen molar-refractivity contribution in [1.82, 2.24) is 19.5 Å². The molecule has 0 saturated carbocycles. The summed E-state index contributed by atoms with van der Waals surface area (Å²) in [5, 5.41) is 3.91. The zero-order chi connectivity index (χ0) is 23.0. The molecule has 1 saturated heterocycles. The van der Waals surface area contributed by atoms with Crippen LogP contribution in [0.25, 0.3) is 5.65 Å². The van der Waals surface area contributed by atoms with Gasteiger partial charge in [-0.2, -0.15) is 18.3 Å². The van der Waals surface area contributed by atoms with Gasteiger partial charge in [0.25, 0.3) is 5.91 Å². The Bertz CT molecular complexity index is 1170. The third-order valence-corrected chi connectivity index (χ3v) is 5.54. The number of halogens is 3. The highest BCUT2D eigenvalue weighted by Gasteiger charge is 2.36. The van der Waals surface area contributed by atoms with Gasteiger partial charge in [0.15, 0.2) is 5.65 Å². The predicted molar refractivity (Wildman–Crippen MR) is 108 cm³/mol. The fourth-order valence-electron chi connectivity index (χ4n) is 3.97. The summed E-state index contributed by atoms with van der Waals surface area (Å²) in [5.41, 5.74) is 0.707. The molecule has 3 aromatic rings. The third kappa shape index (κ3) is 4.17. The van der Waals surface area contributed by atoms with Crippen LogP contribution in [0.5, 0.6) is 0 Å². The molecule has 0 N–H and O–H groups in total. The van der Waals surface area contributed by atoms with Crippen LogP contribution in [0.3, 0.4) is 0 Å². The van der Waals surface area contributed by atoms with Crippen LogP contribution in [0.4, 0.5) is 13.2 Å². The van der Waals surface area contributed by atoms with Gasteiger partial charge in [-0.25, -0.2) is 14.3 Å². The molecule has 0 bridgehead atoms. The number of nitrogens with zero attached hydrogens (tertiary/aromatic N) is 4. The first-order valence-corrected chi connectivity index (χ1v) is 10.1. The Morgan fingerprint density at radius 1 is 1.12 bits per heavy atom. The number of rotatable bonds is 3. The number of hydrogen-bond acceptors (Lipinski definition) is 5. The molecule has 1 unspecified atom stereocenters. The van der Waals surface area contributed by atoms with Gasteiger partial charge < -0.3 is 9.64 Å². The number of likely N-dealkylation sites (tertiary alicyclic amines) is 1. The molecule has 1 aromatic carbocycles. The lowest BCUT2D eigenvalue weighted by atomic mass is 9.93. The molecular formula is C22H21F3N4O3. The molecule has 0 spiro atoms. The van der Waals surface area contributed by atoms with E-state index in [0.29, 0.717) is 41.9 Å². The van der Waals surface area contributed by atoms with Gasteiger partial charge in [0.1, 0.15) is 5.69 Å². The number of aromatic nitrogens is 3. The van der Waals surface area contributed by atoms with Gasteiger partial charge in [-0.05, 0) is 50.1 Å². The van der Waals surface area contributed by atoms with Crippen molar-refractivity contribution >= 4 is 17.5 Å². The van der Waals surface area contributed by atoms with Crippen LogP contribution < -0.4 is 0 Å². The second-order valence-electron chi connectivity index (χ2n) is 7.78. The van der Waals surface area contributed by atoms with Crippen LogP contribution in [0, 0.1) is 6.92 Å². The summed E-state index contributed by atoms with van der Waals surface area (Å²) in [4.78, 5) is 30.6. The summed E-state index contributed by atoms with van der Waals surface area (Å²) in [7, 11) is 1.27. The quantitative estimate of drug-likeness (QED) is 0.571. The summed E-state index contributed by atoms with van der Waals surface area (Å²) in [6.45, 7) is 2.36. The van der Waals surface area contributed by atoms with Crippen molar-refractivity contribution in [3.05, 3.63) is 64.6 Å². The van der Waals surface area contributed by atoms with Crippen molar-refractivity contribution < 1.29 is 27.5 Å². The maximum Gasteiger partial charge on any atom is 0.433 e. The molecule has 3 heterocycles. The standard InChI is InChI=1S/C22H21F3N4O3/c1-13-10-19-26-17(11-18(22(23,24)25)29(19)27-13)16-4-3-9-28(12-16)20(30)14-5-7-15(8-6-14)21(31)32-2/h5-8,10-11,16H,3-4,9,12H2,1-2H3. The topological polar surface area (TPSA) is 76.8 Å². The normalized spacial score (nSPS) is 16.9. The minimum atomic E-state index is -4.58. The zero-order valence-electron chi connectivity index (χ0n) is 17.5. The number of fused-ring (bicyclic) bond motifs is 1. The minimum Gasteiger partial charge on any atom is -0.465 e. The molecule has 1 amide bonds. The van der Waals surface area contributed by atoms with Crippen LogP contribution in [-0.2, 0) is 10.9 Å². The van der Waals surface area contributed by atoms with Crippen molar-refractivity contribution in [3.8, 4) is 0 Å². The SMILES string of the molecule is COC(=O)c1ccc(C(=O)N2CCCC(c3cc(C(F)(F)F)n4nc(C)cc4n3)C2)cc1. The van der Waals surface area contributed by atoms with Gasteiger partial charge in [-0.15, -0.1) is 0 Å². The molecule has 1 aliphatic rings. The lowest BCUT2D eigenvalue weighted by molar-refractivity contribution is -0.142. The third-order valence-electron chi connectivity index (χ3n) is 5.54. The molecule has 10 heteroatoms. The highest BCUT2D eigenvalue weighted by molar-refractivity contribution is 5.96. The second-order valence-corrected chi connectivity index (χ2v) is 7.78. The van der Waals surface area contributed by atoms with Crippen LogP contribution >= 0.6 is 0 Å². The van der Waals surface area contributed by atoms with Crippen LogP contribution in [0.2, 0.25) is 0 Å². The number of alkyl halides is 3. The van der Waals surface area contributed by atoms with Gasteiger partial charge in [0.05, 0.1) is 18.4 Å². The van der Waals surface area contributed by atoms with E-state index in [1.807, 2.05) is 0 Å². The van der Waals surface area contributed by atoms with E-state index < -0.39 is 17.8 Å². The summed E-state index contributed by atoms with van der Waals surface area (Å²) in [5.74, 6) is -1.08. The van der Waals surface area contributed by atoms with Crippen molar-refractivity contribution in [2.75, 3.05) is 20.2 Å². The van der Waals surface area contributed by atoms with E-state index in [2.05, 4.69) is 14.8 Å². The predicted octanol–water partition coefficient (Wildman–Crippen LogP) is 3.86. The number of piperidine rings is 1. The number of ether oxygens (including phenoxy) is 1. The number of carbonyl (C=O) groups excluding carboxylic acids is 2. The lowest BCUT2D eigenvalue weighted by Gasteiger charge is -2.33. The Kier molecular flexibility index (Phi) is 5.62. The molecule has 0 radical (unpaired) electrons. The molecule has 1 aliphatic heterocycles. The Balaban J connectivity index is 1.59. The first-order valence-electron chi connectivity index (χ1n) is 10.1. The zero-order valence-corrected chi connectivity index (χ0v) is 17.5. The van der Waals surface area contributed by atoms with Gasteiger partial charge in [-0.1, -0.05) is 0 Å². The Morgan fingerprint density at radius 3 is 2.47 bits per heavy atom. The molecule has 1 atom stereocenters. The van der Waals surface area contributed by atoms with E-state index in [0.717, 1.165) is 10.6 Å². The average molecular weight is 446 g/mol. The van der Waals surface area contributed by atoms with Gasteiger partial charge in [0.2, 0.25) is 0 Å². The first kappa shape index (κ1) is 21.8. The summed E-state index contributed by atoms with van der Waals surface area (Å²) >= 11 is 0. The Labute approximate surface area is 181 Å². The average Bonchev–Trinajstić information content (AvgIpc) is 3.16. The van der Waals surface area contributed by atoms with Gasteiger partial charge in [0, 0.05) is 36.3 Å². The highest BCUT2D eigenvalue weighted by Crippen LogP contribution is 2.34. The summed E-state index contributed by atoms with van der Waals surface area (Å²) in [6, 6.07) is 8.64. The lowest BCUT2D eigenvalue weighted by Crippen LogP contribution is -2.39. The van der Waals surface area contributed by atoms with Crippen LogP contribution in [0.1, 0.15) is 56.6 Å². The molecule has 1 fully saturated rings. The van der Waals surface area contributed by atoms with E-state index in [9.17, 15) is 22.8 Å². The van der Waals surface area contributed by atoms with Gasteiger partial charge >= 0.3 is 12.1 Å². The van der Waals surface area contributed by atoms with Crippen LogP contribution in [-0.4, -0.2) is 51.6 Å². The number of benzene rings is 1. The molecule has 0 aliphatic carbocycles. The number of carbonyl (C=O) groups is 2. The molecule has 4 rings (SSSR count). The van der Waals surface area contributed by atoms with E-state index >= 15 is 0 Å². The highest BCUT2D eigenvalue weighted by atomic mass is 19.4. The van der Waals surface area contributed by atoms with Crippen LogP contribution in [0.15, 0.2) is 36.4 Å². The maximum absolute atomic E-state index is 13.6. The molecule has 2 aromatic heterocycles. The number of esters is 1. The maximum atomic E-state index is 13.6. The fraction of sp³-hybridized carbons (Fsp3) is 0.364. The Hall–Kier alpha value is -3.43. The summed E-state index contributed by atoms with van der Waals surface area (Å²) < 4.78 is 46.4. The Morgan fingerprint density at radius 2 is 1.81 bits per heavy atom. The number of amides is 1. The van der Waals surface area contributed by atoms with Gasteiger partial charge in [-0.3, -0.25) is 4.79 Å². The largest absolute Gasteiger partial charge is 0.465 e. The van der Waals surface area contributed by atoms with E-state index in [1.165, 1.54) is 25.3 Å². The smallest absolute Gasteiger partial charge is 0.433 e. The minimum absolute atomic E-state index is 0.133. The van der Waals surface area contributed by atoms with E-state index in [-0.39, 0.29) is 24.0 Å². The van der Waals surface area contributed by atoms with Crippen molar-refractivity contribution in [3.63, 3.8) is 0 Å². The number of aryl methyl sites for hydroxylation is 1. The fourth-order valence-corrected chi connectivity index (χ4v) is 3.97. The number of methoxy groups -OCH3 is 1. The van der Waals surface area contributed by atoms with E-state index in [4.69, 9.17) is 0 Å². The molecule has 7 nitrogen and oxygen atoms in total. The molecular weight excluding hydrogens is 425 g/mol. The van der Waals surface area contributed by atoms with Crippen molar-refractivity contribution in [1.29, 1.82) is 0 Å². The molecule has 32 heavy (non-hydrogen) atoms. The number of hydrogen-bond donors (Lipinski definition) is 0. The molecule has 168 valence electrons. The van der Waals surface area contributed by atoms with E-state index in [1.54, 1.807) is 24.0 Å².